The van der Waals surface area contributed by atoms with Crippen molar-refractivity contribution in [3.8, 4) is 5.75 Å². The Kier molecular flexibility index (Phi) is 6.48. The highest BCUT2D eigenvalue weighted by molar-refractivity contribution is 9.10. The molecule has 0 radical (unpaired) electrons. The molecule has 0 fully saturated rings. The Morgan fingerprint density at radius 1 is 1.04 bits per heavy atom. The van der Waals surface area contributed by atoms with Crippen LogP contribution in [0.1, 0.15) is 34.6 Å². The third kappa shape index (κ3) is 5.99. The van der Waals surface area contributed by atoms with Gasteiger partial charge in [-0.2, -0.15) is 0 Å². The van der Waals surface area contributed by atoms with Crippen LogP contribution in [0.4, 0.5) is 18.9 Å². The maximum atomic E-state index is 12.6. The molecule has 2 aromatic carbocycles. The molecule has 0 aromatic heterocycles. The molecule has 0 atom stereocenters. The summed E-state index contributed by atoms with van der Waals surface area (Å²) in [4.78, 5) is 25.0. The Labute approximate surface area is 162 Å². The smallest absolute Gasteiger partial charge is 0.406 e. The predicted molar refractivity (Wildman–Crippen MR) is 97.8 cm³/mol. The second-order valence-corrected chi connectivity index (χ2v) is 6.67. The number of carbonyl (C=O) groups is 2. The fourth-order valence-electron chi connectivity index (χ4n) is 2.22. The summed E-state index contributed by atoms with van der Waals surface area (Å²) in [6, 6.07) is 9.29. The first-order valence-corrected chi connectivity index (χ1v) is 8.62. The van der Waals surface area contributed by atoms with Crippen LogP contribution in [0.2, 0.25) is 0 Å². The number of hydrogen-bond acceptors (Lipinski definition) is 3. The van der Waals surface area contributed by atoms with E-state index in [1.807, 2.05) is 0 Å². The van der Waals surface area contributed by atoms with Crippen LogP contribution in [-0.4, -0.2) is 24.2 Å². The number of ether oxygens (including phenoxy) is 1. The second-order valence-electron chi connectivity index (χ2n) is 5.82. The molecule has 0 heterocycles. The molecular weight excluding hydrogens is 429 g/mol. The lowest BCUT2D eigenvalue weighted by atomic mass is 10.1. The summed E-state index contributed by atoms with van der Waals surface area (Å²) < 4.78 is 40.8. The van der Waals surface area contributed by atoms with Gasteiger partial charge in [-0.25, -0.2) is 0 Å². The molecule has 2 N–H and O–H groups in total. The number of rotatable bonds is 5. The molecule has 144 valence electrons. The van der Waals surface area contributed by atoms with Crippen molar-refractivity contribution < 1.29 is 27.5 Å². The summed E-state index contributed by atoms with van der Waals surface area (Å²) in [6.45, 7) is 3.58. The second kappa shape index (κ2) is 8.43. The normalized spacial score (nSPS) is 11.2. The zero-order chi connectivity index (χ0) is 20.2. The lowest BCUT2D eigenvalue weighted by Crippen LogP contribution is -2.32. The largest absolute Gasteiger partial charge is 0.573 e. The SMILES string of the molecule is CC(C)NC(=O)c1c(Br)cccc1C(=O)Nc1ccc(OC(F)(F)F)cc1. The van der Waals surface area contributed by atoms with E-state index in [2.05, 4.69) is 31.3 Å². The Morgan fingerprint density at radius 3 is 2.22 bits per heavy atom. The van der Waals surface area contributed by atoms with E-state index in [1.165, 1.54) is 18.2 Å². The number of anilines is 1. The summed E-state index contributed by atoms with van der Waals surface area (Å²) in [7, 11) is 0. The lowest BCUT2D eigenvalue weighted by molar-refractivity contribution is -0.274. The molecule has 0 unspecified atom stereocenters. The van der Waals surface area contributed by atoms with Gasteiger partial charge < -0.3 is 15.4 Å². The monoisotopic (exact) mass is 444 g/mol. The molecular formula is C18H16BrF3N2O3. The van der Waals surface area contributed by atoms with Crippen LogP contribution in [0.5, 0.6) is 5.75 Å². The Bertz CT molecular complexity index is 837. The number of nitrogens with one attached hydrogen (secondary N) is 2. The zero-order valence-electron chi connectivity index (χ0n) is 14.4. The molecule has 2 aromatic rings. The van der Waals surface area contributed by atoms with Gasteiger partial charge in [0.2, 0.25) is 0 Å². The number of carbonyl (C=O) groups excluding carboxylic acids is 2. The first-order chi connectivity index (χ1) is 12.6. The van der Waals surface area contributed by atoms with E-state index in [9.17, 15) is 22.8 Å². The maximum Gasteiger partial charge on any atom is 0.573 e. The van der Waals surface area contributed by atoms with Gasteiger partial charge in [-0.15, -0.1) is 13.2 Å². The summed E-state index contributed by atoms with van der Waals surface area (Å²) in [6.07, 6.45) is -4.79. The summed E-state index contributed by atoms with van der Waals surface area (Å²) >= 11 is 3.26. The van der Waals surface area contributed by atoms with Gasteiger partial charge in [0.1, 0.15) is 5.75 Å². The van der Waals surface area contributed by atoms with E-state index in [-0.39, 0.29) is 22.9 Å². The highest BCUT2D eigenvalue weighted by atomic mass is 79.9. The van der Waals surface area contributed by atoms with Gasteiger partial charge in [-0.05, 0) is 66.2 Å². The minimum Gasteiger partial charge on any atom is -0.406 e. The molecule has 0 aliphatic carbocycles. The van der Waals surface area contributed by atoms with E-state index in [0.717, 1.165) is 12.1 Å². The first kappa shape index (κ1) is 20.8. The Balaban J connectivity index is 2.21. The molecule has 2 rings (SSSR count). The number of hydrogen-bond donors (Lipinski definition) is 2. The molecule has 27 heavy (non-hydrogen) atoms. The van der Waals surface area contributed by atoms with Gasteiger partial charge >= 0.3 is 6.36 Å². The van der Waals surface area contributed by atoms with Crippen LogP contribution < -0.4 is 15.4 Å². The summed E-state index contributed by atoms with van der Waals surface area (Å²) in [5, 5.41) is 5.26. The number of halogens is 4. The van der Waals surface area contributed by atoms with Crippen LogP contribution in [0.15, 0.2) is 46.9 Å². The molecule has 0 saturated heterocycles. The zero-order valence-corrected chi connectivity index (χ0v) is 15.9. The molecule has 0 saturated carbocycles. The number of alkyl halides is 3. The third-order valence-corrected chi connectivity index (χ3v) is 3.91. The van der Waals surface area contributed by atoms with Gasteiger partial charge in [-0.3, -0.25) is 9.59 Å². The van der Waals surface area contributed by atoms with Gasteiger partial charge in [-0.1, -0.05) is 6.07 Å². The molecule has 0 spiro atoms. The van der Waals surface area contributed by atoms with Gasteiger partial charge in [0.05, 0.1) is 11.1 Å². The van der Waals surface area contributed by atoms with Crippen LogP contribution in [0.3, 0.4) is 0 Å². The van der Waals surface area contributed by atoms with Crippen LogP contribution in [-0.2, 0) is 0 Å². The minimum atomic E-state index is -4.79. The Morgan fingerprint density at radius 2 is 1.67 bits per heavy atom. The van der Waals surface area contributed by atoms with Crippen molar-refractivity contribution in [3.05, 3.63) is 58.1 Å². The van der Waals surface area contributed by atoms with Crippen molar-refractivity contribution in [3.63, 3.8) is 0 Å². The maximum absolute atomic E-state index is 12.6. The van der Waals surface area contributed by atoms with Crippen molar-refractivity contribution in [2.75, 3.05) is 5.32 Å². The molecule has 0 aliphatic rings. The average molecular weight is 445 g/mol. The lowest BCUT2D eigenvalue weighted by Gasteiger charge is -2.14. The Hall–Kier alpha value is -2.55. The van der Waals surface area contributed by atoms with Crippen LogP contribution in [0, 0.1) is 0 Å². The molecule has 2 amide bonds. The molecule has 0 aliphatic heterocycles. The van der Waals surface area contributed by atoms with E-state index < -0.39 is 23.9 Å². The highest BCUT2D eigenvalue weighted by Gasteiger charge is 2.31. The van der Waals surface area contributed by atoms with Crippen molar-refractivity contribution in [2.45, 2.75) is 26.3 Å². The number of amides is 2. The summed E-state index contributed by atoms with van der Waals surface area (Å²) in [5.74, 6) is -1.40. The minimum absolute atomic E-state index is 0.123. The standard InChI is InChI=1S/C18H16BrF3N2O3/c1-10(2)23-17(26)15-13(4-3-5-14(15)19)16(25)24-11-6-8-12(9-7-11)27-18(20,21)22/h3-10H,1-2H3,(H,23,26)(H,24,25). The third-order valence-electron chi connectivity index (χ3n) is 3.25. The molecule has 5 nitrogen and oxygen atoms in total. The topological polar surface area (TPSA) is 67.4 Å². The fraction of sp³-hybridized carbons (Fsp3) is 0.222. The van der Waals surface area contributed by atoms with E-state index in [4.69, 9.17) is 0 Å². The van der Waals surface area contributed by atoms with E-state index in [0.29, 0.717) is 4.47 Å². The van der Waals surface area contributed by atoms with Crippen molar-refractivity contribution in [2.24, 2.45) is 0 Å². The van der Waals surface area contributed by atoms with Gasteiger partial charge in [0.15, 0.2) is 0 Å². The highest BCUT2D eigenvalue weighted by Crippen LogP contribution is 2.25. The quantitative estimate of drug-likeness (QED) is 0.699. The van der Waals surface area contributed by atoms with Crippen LogP contribution in [0.25, 0.3) is 0 Å². The van der Waals surface area contributed by atoms with Crippen LogP contribution >= 0.6 is 15.9 Å². The molecule has 9 heteroatoms. The van der Waals surface area contributed by atoms with Crippen molar-refractivity contribution >= 4 is 33.4 Å². The first-order valence-electron chi connectivity index (χ1n) is 7.83. The van der Waals surface area contributed by atoms with Crippen molar-refractivity contribution in [1.82, 2.24) is 5.32 Å². The van der Waals surface area contributed by atoms with E-state index in [1.54, 1.807) is 26.0 Å². The summed E-state index contributed by atoms with van der Waals surface area (Å²) in [5.41, 5.74) is 0.545. The van der Waals surface area contributed by atoms with Gasteiger partial charge in [0, 0.05) is 16.2 Å². The fourth-order valence-corrected chi connectivity index (χ4v) is 2.76. The average Bonchev–Trinajstić information content (AvgIpc) is 2.54. The van der Waals surface area contributed by atoms with Gasteiger partial charge in [0.25, 0.3) is 11.8 Å². The predicted octanol–water partition coefficient (Wildman–Crippen LogP) is 4.74. The van der Waals surface area contributed by atoms with Crippen molar-refractivity contribution in [1.29, 1.82) is 0 Å². The van der Waals surface area contributed by atoms with E-state index >= 15 is 0 Å². The number of benzene rings is 2. The molecule has 0 bridgehead atoms.